The Bertz CT molecular complexity index is 1570. The van der Waals surface area contributed by atoms with E-state index in [1.165, 1.54) is 6.20 Å². The van der Waals surface area contributed by atoms with Crippen molar-refractivity contribution in [1.29, 1.82) is 0 Å². The summed E-state index contributed by atoms with van der Waals surface area (Å²) in [4.78, 5) is 43.2. The highest BCUT2D eigenvalue weighted by molar-refractivity contribution is 6.21. The number of nitrogens with zero attached hydrogens (tertiary/aromatic N) is 3. The summed E-state index contributed by atoms with van der Waals surface area (Å²) < 4.78 is 13.2. The van der Waals surface area contributed by atoms with Gasteiger partial charge in [-0.25, -0.2) is 4.68 Å². The Morgan fingerprint density at radius 2 is 1.87 bits per heavy atom. The van der Waals surface area contributed by atoms with Gasteiger partial charge in [-0.3, -0.25) is 19.4 Å². The van der Waals surface area contributed by atoms with Crippen LogP contribution >= 0.6 is 11.6 Å². The normalized spacial score (nSPS) is 36.6. The monoisotopic (exact) mass is 639 g/mol. The number of pyridine rings is 1. The third kappa shape index (κ3) is 4.65. The first-order chi connectivity index (χ1) is 21.3. The first kappa shape index (κ1) is 31.7. The molecule has 242 valence electrons. The fourth-order valence-corrected chi connectivity index (χ4v) is 10.1. The molecular formula is C34H42ClN3O7. The summed E-state index contributed by atoms with van der Waals surface area (Å²) in [6.45, 7) is 8.92. The van der Waals surface area contributed by atoms with Crippen LogP contribution in [0.4, 0.5) is 0 Å². The number of aromatic nitrogens is 3. The number of halogens is 1. The molecule has 0 unspecified atom stereocenters. The molecule has 4 aliphatic carbocycles. The van der Waals surface area contributed by atoms with Gasteiger partial charge in [0.25, 0.3) is 0 Å². The van der Waals surface area contributed by atoms with E-state index < -0.39 is 46.9 Å². The molecule has 0 spiro atoms. The molecule has 0 amide bonds. The van der Waals surface area contributed by atoms with E-state index in [0.29, 0.717) is 24.9 Å². The number of hydrogen-bond donors (Lipinski definition) is 2. The molecule has 2 N–H and O–H groups in total. The summed E-state index contributed by atoms with van der Waals surface area (Å²) in [5.41, 5.74) is 0.791. The van der Waals surface area contributed by atoms with Crippen LogP contribution in [-0.4, -0.2) is 66.4 Å². The van der Waals surface area contributed by atoms with E-state index >= 15 is 0 Å². The fourth-order valence-electron chi connectivity index (χ4n) is 9.63. The largest absolute Gasteiger partial charge is 0.506 e. The summed E-state index contributed by atoms with van der Waals surface area (Å²) in [6, 6.07) is 1.61. The molecule has 11 heteroatoms. The number of Topliss-reactive ketones (excluding diaryl/α,β-unsaturated/α-hetero) is 1. The minimum absolute atomic E-state index is 0.0493. The number of hydrogen-bond acceptors (Lipinski definition) is 9. The van der Waals surface area contributed by atoms with Gasteiger partial charge in [-0.2, -0.15) is 5.10 Å². The van der Waals surface area contributed by atoms with Gasteiger partial charge in [0.05, 0.1) is 36.1 Å². The molecule has 0 saturated heterocycles. The summed E-state index contributed by atoms with van der Waals surface area (Å²) >= 11 is 7.34. The van der Waals surface area contributed by atoms with Crippen molar-refractivity contribution in [2.75, 3.05) is 6.61 Å². The Morgan fingerprint density at radius 3 is 2.56 bits per heavy atom. The Kier molecular flexibility index (Phi) is 7.92. The zero-order valence-electron chi connectivity index (χ0n) is 26.5. The highest BCUT2D eigenvalue weighted by Crippen LogP contribution is 2.70. The maximum atomic E-state index is 14.1. The number of allylic oxidation sites excluding steroid dienone is 1. The molecular weight excluding hydrogens is 598 g/mol. The number of aromatic hydroxyl groups is 1. The van der Waals surface area contributed by atoms with Crippen molar-refractivity contribution in [2.45, 2.75) is 90.2 Å². The first-order valence-electron chi connectivity index (χ1n) is 16.0. The van der Waals surface area contributed by atoms with Crippen molar-refractivity contribution >= 4 is 35.4 Å². The molecule has 0 radical (unpaired) electrons. The lowest BCUT2D eigenvalue weighted by Gasteiger charge is -2.61. The van der Waals surface area contributed by atoms with Gasteiger partial charge >= 0.3 is 11.9 Å². The maximum absolute atomic E-state index is 14.1. The standard InChI is InChI=1S/C34H42ClN3O7/c1-6-28(42)44-17-27(41)34(45-29(43)7-2)18(3)8-23-30-24(35)9-20-10-25-19(14-37-38(25)21-11-22(39)16-36-15-21)12-32(20,4)31(30)26(40)13-33(23,34)5/h10-11,14-16,18,23-24,26,30-31,39-40H,6-9,12-13,17H2,1-5H3/t18-,23+,24-,26+,30-,31+,32+,33+,34+/m1/s1. The Hall–Kier alpha value is -3.24. The van der Waals surface area contributed by atoms with Gasteiger partial charge in [0.15, 0.2) is 12.2 Å². The van der Waals surface area contributed by atoms with Crippen LogP contribution in [-0.2, 0) is 30.3 Å². The highest BCUT2D eigenvalue weighted by atomic mass is 35.5. The van der Waals surface area contributed by atoms with Gasteiger partial charge in [-0.15, -0.1) is 11.6 Å². The highest BCUT2D eigenvalue weighted by Gasteiger charge is 2.74. The Morgan fingerprint density at radius 1 is 1.13 bits per heavy atom. The maximum Gasteiger partial charge on any atom is 0.306 e. The molecule has 3 saturated carbocycles. The second kappa shape index (κ2) is 11.2. The quantitative estimate of drug-likeness (QED) is 0.323. The Labute approximate surface area is 268 Å². The molecule has 0 aliphatic heterocycles. The van der Waals surface area contributed by atoms with E-state index in [-0.39, 0.29) is 54.1 Å². The van der Waals surface area contributed by atoms with Crippen LogP contribution in [0.3, 0.4) is 0 Å². The van der Waals surface area contributed by atoms with Crippen molar-refractivity contribution in [3.8, 4) is 11.4 Å². The topological polar surface area (TPSA) is 141 Å². The van der Waals surface area contributed by atoms with E-state index in [0.717, 1.165) is 16.8 Å². The number of aliphatic hydroxyl groups excluding tert-OH is 1. The molecule has 0 bridgehead atoms. The number of alkyl halides is 1. The molecule has 2 heterocycles. The van der Waals surface area contributed by atoms with E-state index in [1.807, 2.05) is 20.0 Å². The van der Waals surface area contributed by atoms with Crippen LogP contribution in [0.15, 0.2) is 30.2 Å². The van der Waals surface area contributed by atoms with Gasteiger partial charge in [0.1, 0.15) is 5.75 Å². The number of carbonyl (C=O) groups is 3. The van der Waals surface area contributed by atoms with Gasteiger partial charge < -0.3 is 19.7 Å². The summed E-state index contributed by atoms with van der Waals surface area (Å²) in [5.74, 6) is -2.27. The fraction of sp³-hybridized carbons (Fsp3) is 0.618. The molecule has 6 rings (SSSR count). The van der Waals surface area contributed by atoms with Crippen molar-refractivity contribution in [3.05, 3.63) is 41.5 Å². The number of ketones is 1. The van der Waals surface area contributed by atoms with Crippen molar-refractivity contribution in [2.24, 2.45) is 34.5 Å². The van der Waals surface area contributed by atoms with Crippen LogP contribution in [0.2, 0.25) is 0 Å². The number of fused-ring (bicyclic) bond motifs is 6. The lowest BCUT2D eigenvalue weighted by atomic mass is 9.45. The van der Waals surface area contributed by atoms with E-state index in [2.05, 4.69) is 23.1 Å². The molecule has 4 aliphatic rings. The zero-order valence-corrected chi connectivity index (χ0v) is 27.2. The van der Waals surface area contributed by atoms with E-state index in [4.69, 9.17) is 21.1 Å². The second-order valence-corrected chi connectivity index (χ2v) is 14.4. The van der Waals surface area contributed by atoms with Crippen molar-refractivity contribution < 1.29 is 34.1 Å². The van der Waals surface area contributed by atoms with Gasteiger partial charge in [-0.05, 0) is 60.5 Å². The average Bonchev–Trinajstić information content (AvgIpc) is 3.49. The molecule has 2 aromatic heterocycles. The van der Waals surface area contributed by atoms with E-state index in [1.54, 1.807) is 30.8 Å². The van der Waals surface area contributed by atoms with Crippen LogP contribution < -0.4 is 0 Å². The SMILES string of the molecule is CCC(=O)OCC(=O)[C@@]1(OC(=O)CC)[C@H](C)C[C@H]2[C@H]3[C@H]([C@@H](O)C[C@@]21C)[C@@]1(C)Cc2cnn(-c4cncc(O)c4)c2C=C1C[C@H]3Cl. The van der Waals surface area contributed by atoms with Crippen molar-refractivity contribution in [3.63, 3.8) is 0 Å². The van der Waals surface area contributed by atoms with E-state index in [9.17, 15) is 24.6 Å². The molecule has 10 nitrogen and oxygen atoms in total. The summed E-state index contributed by atoms with van der Waals surface area (Å²) in [5, 5.41) is 26.5. The number of esters is 2. The van der Waals surface area contributed by atoms with Crippen LogP contribution in [0.1, 0.15) is 78.0 Å². The smallest absolute Gasteiger partial charge is 0.306 e. The predicted octanol–water partition coefficient (Wildman–Crippen LogP) is 4.80. The van der Waals surface area contributed by atoms with Crippen LogP contribution in [0.5, 0.6) is 5.75 Å². The minimum atomic E-state index is -1.56. The number of carbonyl (C=O) groups excluding carboxylic acids is 3. The third-order valence-corrected chi connectivity index (χ3v) is 12.0. The second-order valence-electron chi connectivity index (χ2n) is 13.9. The lowest BCUT2D eigenvalue weighted by Crippen LogP contribution is -2.66. The van der Waals surface area contributed by atoms with Gasteiger partial charge in [0, 0.05) is 35.6 Å². The van der Waals surface area contributed by atoms with Crippen LogP contribution in [0, 0.1) is 34.5 Å². The average molecular weight is 640 g/mol. The van der Waals surface area contributed by atoms with Gasteiger partial charge in [0.2, 0.25) is 5.78 Å². The molecule has 2 aromatic rings. The molecule has 0 aromatic carbocycles. The zero-order chi connectivity index (χ0) is 32.5. The molecule has 45 heavy (non-hydrogen) atoms. The number of ether oxygens (including phenoxy) is 2. The van der Waals surface area contributed by atoms with Gasteiger partial charge in [-0.1, -0.05) is 40.2 Å². The first-order valence-corrected chi connectivity index (χ1v) is 16.4. The molecule has 9 atom stereocenters. The minimum Gasteiger partial charge on any atom is -0.506 e. The Balaban J connectivity index is 1.39. The third-order valence-electron chi connectivity index (χ3n) is 11.5. The van der Waals surface area contributed by atoms with Crippen LogP contribution in [0.25, 0.3) is 11.8 Å². The van der Waals surface area contributed by atoms with Crippen molar-refractivity contribution in [1.82, 2.24) is 14.8 Å². The lowest BCUT2D eigenvalue weighted by molar-refractivity contribution is -0.207. The predicted molar refractivity (Wildman–Crippen MR) is 165 cm³/mol. The summed E-state index contributed by atoms with van der Waals surface area (Å²) in [7, 11) is 0. The molecule has 3 fully saturated rings. The summed E-state index contributed by atoms with van der Waals surface area (Å²) in [6.07, 6.45) is 8.40. The number of aliphatic hydroxyl groups is 1. The number of rotatable bonds is 7.